The number of rotatable bonds is 3. The summed E-state index contributed by atoms with van der Waals surface area (Å²) < 4.78 is 24.2. The highest BCUT2D eigenvalue weighted by Gasteiger charge is 2.77. The van der Waals surface area contributed by atoms with Gasteiger partial charge in [0.15, 0.2) is 23.3 Å². The maximum absolute atomic E-state index is 14.8. The van der Waals surface area contributed by atoms with Crippen LogP contribution in [-0.2, 0) is 23.7 Å². The van der Waals surface area contributed by atoms with Crippen molar-refractivity contribution in [3.05, 3.63) is 23.3 Å². The lowest BCUT2D eigenvalue weighted by atomic mass is 9.59. The minimum absolute atomic E-state index is 0.0207. The Kier molecular flexibility index (Phi) is 6.24. The summed E-state index contributed by atoms with van der Waals surface area (Å²) in [5, 5.41) is 13.1. The smallest absolute Gasteiger partial charge is 0.410 e. The van der Waals surface area contributed by atoms with Crippen LogP contribution >= 0.6 is 0 Å². The zero-order valence-corrected chi connectivity index (χ0v) is 24.5. The number of fused-ring (bicyclic) bond motifs is 5. The molecule has 2 saturated carbocycles. The van der Waals surface area contributed by atoms with Gasteiger partial charge in [-0.2, -0.15) is 0 Å². The molecule has 8 heteroatoms. The van der Waals surface area contributed by atoms with Crippen LogP contribution < -0.4 is 0 Å². The van der Waals surface area contributed by atoms with E-state index in [0.717, 1.165) is 24.8 Å². The van der Waals surface area contributed by atoms with Crippen LogP contribution in [0.4, 0.5) is 4.79 Å². The summed E-state index contributed by atoms with van der Waals surface area (Å²) in [6.07, 6.45) is 4.23. The van der Waals surface area contributed by atoms with E-state index in [4.69, 9.17) is 18.9 Å². The van der Waals surface area contributed by atoms with E-state index in [0.29, 0.717) is 37.2 Å². The van der Waals surface area contributed by atoms with E-state index in [9.17, 15) is 14.7 Å². The van der Waals surface area contributed by atoms with Crippen molar-refractivity contribution in [1.29, 1.82) is 0 Å². The molecule has 1 N–H and O–H groups in total. The molecule has 8 nitrogen and oxygen atoms in total. The van der Waals surface area contributed by atoms with Crippen molar-refractivity contribution in [2.45, 2.75) is 84.4 Å². The van der Waals surface area contributed by atoms with E-state index >= 15 is 0 Å². The van der Waals surface area contributed by atoms with Gasteiger partial charge in [-0.05, 0) is 80.3 Å². The first-order valence-corrected chi connectivity index (χ1v) is 14.7. The number of aliphatic hydroxyl groups is 1. The highest BCUT2D eigenvalue weighted by molar-refractivity contribution is 5.95. The molecule has 2 heterocycles. The van der Waals surface area contributed by atoms with Crippen LogP contribution in [0.1, 0.15) is 60.8 Å². The number of ether oxygens (including phenoxy) is 4. The molecule has 2 aliphatic heterocycles. The fourth-order valence-electron chi connectivity index (χ4n) is 8.88. The number of hydrogen-bond donors (Lipinski definition) is 1. The van der Waals surface area contributed by atoms with Crippen LogP contribution in [0.2, 0.25) is 0 Å². The summed E-state index contributed by atoms with van der Waals surface area (Å²) in [5.41, 5.74) is -1.49. The average molecular weight is 544 g/mol. The zero-order valence-electron chi connectivity index (χ0n) is 24.5. The normalized spacial score (nSPS) is 44.1. The first-order valence-electron chi connectivity index (χ1n) is 14.7. The topological polar surface area (TPSA) is 94.5 Å². The molecule has 4 fully saturated rings. The van der Waals surface area contributed by atoms with Crippen molar-refractivity contribution in [1.82, 2.24) is 4.90 Å². The van der Waals surface area contributed by atoms with Crippen molar-refractivity contribution < 1.29 is 33.6 Å². The molecule has 216 valence electrons. The van der Waals surface area contributed by atoms with Gasteiger partial charge < -0.3 is 29.0 Å². The molecule has 4 aliphatic carbocycles. The van der Waals surface area contributed by atoms with Crippen molar-refractivity contribution in [3.63, 3.8) is 0 Å². The third-order valence-corrected chi connectivity index (χ3v) is 11.1. The van der Waals surface area contributed by atoms with E-state index in [2.05, 4.69) is 20.8 Å². The molecule has 0 unspecified atom stereocenters. The second kappa shape index (κ2) is 8.88. The Morgan fingerprint density at radius 3 is 2.59 bits per heavy atom. The van der Waals surface area contributed by atoms with Crippen LogP contribution in [0.3, 0.4) is 0 Å². The van der Waals surface area contributed by atoms with Gasteiger partial charge >= 0.3 is 6.09 Å². The second-order valence-electron chi connectivity index (χ2n) is 14.2. The van der Waals surface area contributed by atoms with Gasteiger partial charge in [-0.15, -0.1) is 0 Å². The van der Waals surface area contributed by atoms with Gasteiger partial charge in [0.25, 0.3) is 0 Å². The average Bonchev–Trinajstić information content (AvgIpc) is 3.37. The molecule has 8 atom stereocenters. The lowest BCUT2D eigenvalue weighted by molar-refractivity contribution is -0.303. The first kappa shape index (κ1) is 27.4. The van der Waals surface area contributed by atoms with E-state index in [1.807, 2.05) is 32.9 Å². The summed E-state index contributed by atoms with van der Waals surface area (Å²) in [7, 11) is 1.74. The molecule has 39 heavy (non-hydrogen) atoms. The predicted octanol–water partition coefficient (Wildman–Crippen LogP) is 4.12. The fourth-order valence-corrected chi connectivity index (χ4v) is 8.88. The van der Waals surface area contributed by atoms with Gasteiger partial charge in [-0.1, -0.05) is 32.9 Å². The predicted molar refractivity (Wildman–Crippen MR) is 144 cm³/mol. The largest absolute Gasteiger partial charge is 0.438 e. The van der Waals surface area contributed by atoms with E-state index in [1.54, 1.807) is 11.9 Å². The third-order valence-electron chi connectivity index (χ3n) is 11.1. The van der Waals surface area contributed by atoms with E-state index < -0.39 is 35.1 Å². The van der Waals surface area contributed by atoms with Gasteiger partial charge in [0.05, 0.1) is 12.0 Å². The van der Waals surface area contributed by atoms with Crippen molar-refractivity contribution in [2.24, 2.45) is 40.4 Å². The quantitative estimate of drug-likeness (QED) is 0.535. The summed E-state index contributed by atoms with van der Waals surface area (Å²) in [6, 6.07) is 0. The number of carbonyl (C=O) groups is 2. The molecule has 0 aromatic rings. The fraction of sp³-hybridized carbons (Fsp3) is 0.806. The third kappa shape index (κ3) is 3.84. The monoisotopic (exact) mass is 543 g/mol. The molecule has 1 spiro atoms. The van der Waals surface area contributed by atoms with Crippen LogP contribution in [0.15, 0.2) is 23.3 Å². The lowest BCUT2D eigenvalue weighted by Crippen LogP contribution is -2.68. The van der Waals surface area contributed by atoms with Crippen molar-refractivity contribution in [3.8, 4) is 0 Å². The summed E-state index contributed by atoms with van der Waals surface area (Å²) in [5.74, 6) is -0.504. The molecule has 0 aromatic heterocycles. The van der Waals surface area contributed by atoms with Gasteiger partial charge in [0.1, 0.15) is 6.10 Å². The molecule has 0 aromatic carbocycles. The maximum Gasteiger partial charge on any atom is 0.410 e. The summed E-state index contributed by atoms with van der Waals surface area (Å²) in [4.78, 5) is 29.9. The molecular weight excluding hydrogens is 498 g/mol. The highest BCUT2D eigenvalue weighted by Crippen LogP contribution is 2.72. The minimum atomic E-state index is -1.79. The van der Waals surface area contributed by atoms with Gasteiger partial charge in [0, 0.05) is 32.7 Å². The SMILES string of the molecule is CC1=C[C@]23C(=O)[C@@H](C=C4COC(C)(C)O[C@H]4[C@]2(O)[C@H]1OC(=O)N(C)CC1CCOCC1)[C@H]1[C@@H](C[C@H]3C)C1(C)C. The Labute approximate surface area is 232 Å². The van der Waals surface area contributed by atoms with Crippen LogP contribution in [0.5, 0.6) is 0 Å². The van der Waals surface area contributed by atoms with Gasteiger partial charge in [0.2, 0.25) is 0 Å². The number of carbonyl (C=O) groups excluding carboxylic acids is 2. The molecule has 6 aliphatic rings. The molecule has 6 rings (SSSR count). The standard InChI is InChI=1S/C31H45NO7/c1-17-14-30-18(2)12-22-23(28(22,3)4)21(24(30)33)13-20-16-37-29(5,6)39-26(20)31(30,35)25(17)38-27(34)32(7)15-19-8-10-36-11-9-19/h13-14,18-19,21-23,25-26,35H,8-12,15-16H2,1-7H3/t18-,21+,22-,23+,25+,26-,30+,31-/m1/s1. The van der Waals surface area contributed by atoms with E-state index in [-0.39, 0.29) is 35.6 Å². The van der Waals surface area contributed by atoms with Crippen LogP contribution in [0, 0.1) is 40.4 Å². The minimum Gasteiger partial charge on any atom is -0.438 e. The molecule has 2 saturated heterocycles. The Bertz CT molecular complexity index is 1120. The van der Waals surface area contributed by atoms with Crippen molar-refractivity contribution in [2.75, 3.05) is 33.4 Å². The van der Waals surface area contributed by atoms with Crippen molar-refractivity contribution >= 4 is 11.9 Å². The number of hydrogen-bond acceptors (Lipinski definition) is 7. The number of amides is 1. The molecule has 1 amide bonds. The number of Topliss-reactive ketones (excluding diaryl/α,β-unsaturated/α-hetero) is 1. The van der Waals surface area contributed by atoms with Gasteiger partial charge in [-0.25, -0.2) is 4.79 Å². The lowest BCUT2D eigenvalue weighted by Gasteiger charge is -2.52. The van der Waals surface area contributed by atoms with Gasteiger partial charge in [-0.3, -0.25) is 4.79 Å². The highest BCUT2D eigenvalue weighted by atomic mass is 16.7. The Morgan fingerprint density at radius 1 is 1.21 bits per heavy atom. The first-order chi connectivity index (χ1) is 18.2. The molecule has 2 bridgehead atoms. The Morgan fingerprint density at radius 2 is 1.90 bits per heavy atom. The second-order valence-corrected chi connectivity index (χ2v) is 14.2. The Balaban J connectivity index is 1.40. The number of ketones is 1. The Hall–Kier alpha value is -1.74. The maximum atomic E-state index is 14.8. The molecule has 0 radical (unpaired) electrons. The molecular formula is C31H45NO7. The number of allylic oxidation sites excluding steroid dienone is 1. The van der Waals surface area contributed by atoms with Crippen LogP contribution in [0.25, 0.3) is 0 Å². The summed E-state index contributed by atoms with van der Waals surface area (Å²) in [6.45, 7) is 14.3. The van der Waals surface area contributed by atoms with E-state index in [1.165, 1.54) is 0 Å². The zero-order chi connectivity index (χ0) is 28.1. The van der Waals surface area contributed by atoms with Crippen LogP contribution in [-0.4, -0.2) is 78.9 Å². The summed E-state index contributed by atoms with van der Waals surface area (Å²) >= 11 is 0. The number of nitrogens with zero attached hydrogens (tertiary/aromatic N) is 1.